The van der Waals surface area contributed by atoms with Crippen molar-refractivity contribution < 1.29 is 4.74 Å². The molecule has 4 nitrogen and oxygen atoms in total. The van der Waals surface area contributed by atoms with Gasteiger partial charge in [-0.25, -0.2) is 9.97 Å². The predicted octanol–water partition coefficient (Wildman–Crippen LogP) is 4.53. The zero-order valence-electron chi connectivity index (χ0n) is 14.9. The summed E-state index contributed by atoms with van der Waals surface area (Å²) in [5.74, 6) is 2.24. The first-order valence-electron chi connectivity index (χ1n) is 8.79. The molecule has 1 aliphatic rings. The standard InChI is InChI=1S/C21H23N3O/c1-13-4-9-19-20(10-13)23-15(3)24-21(19)22-14(2)16-5-7-17(8-6-16)18-11-25-12-18/h4-10,14,18H,11-12H2,1-3H3,(H,22,23,24). The van der Waals surface area contributed by atoms with Crippen molar-refractivity contribution in [2.45, 2.75) is 32.7 Å². The topological polar surface area (TPSA) is 47.0 Å². The molecule has 25 heavy (non-hydrogen) atoms. The number of fused-ring (bicyclic) bond motifs is 1. The molecule has 0 bridgehead atoms. The highest BCUT2D eigenvalue weighted by atomic mass is 16.5. The molecule has 0 aliphatic carbocycles. The number of hydrogen-bond donors (Lipinski definition) is 1. The van der Waals surface area contributed by atoms with E-state index in [0.29, 0.717) is 5.92 Å². The fraction of sp³-hybridized carbons (Fsp3) is 0.333. The molecular formula is C21H23N3O. The molecule has 1 fully saturated rings. The van der Waals surface area contributed by atoms with E-state index in [4.69, 9.17) is 4.74 Å². The number of hydrogen-bond acceptors (Lipinski definition) is 4. The van der Waals surface area contributed by atoms with Crippen LogP contribution in [0.25, 0.3) is 10.9 Å². The molecule has 0 saturated carbocycles. The summed E-state index contributed by atoms with van der Waals surface area (Å²) in [7, 11) is 0. The number of rotatable bonds is 4. The van der Waals surface area contributed by atoms with Gasteiger partial charge in [0.05, 0.1) is 18.7 Å². The van der Waals surface area contributed by atoms with Gasteiger partial charge in [0.1, 0.15) is 11.6 Å². The van der Waals surface area contributed by atoms with Crippen LogP contribution in [0.4, 0.5) is 5.82 Å². The fourth-order valence-electron chi connectivity index (χ4n) is 3.24. The number of benzene rings is 2. The highest BCUT2D eigenvalue weighted by molar-refractivity contribution is 5.89. The third kappa shape index (κ3) is 3.22. The van der Waals surface area contributed by atoms with E-state index >= 15 is 0 Å². The van der Waals surface area contributed by atoms with Crippen molar-refractivity contribution >= 4 is 16.7 Å². The Morgan fingerprint density at radius 1 is 1.04 bits per heavy atom. The van der Waals surface area contributed by atoms with Crippen molar-refractivity contribution in [3.8, 4) is 0 Å². The van der Waals surface area contributed by atoms with Gasteiger partial charge in [0.15, 0.2) is 0 Å². The molecule has 2 aromatic carbocycles. The summed E-state index contributed by atoms with van der Waals surface area (Å²) < 4.78 is 5.28. The quantitative estimate of drug-likeness (QED) is 0.762. The Morgan fingerprint density at radius 2 is 1.80 bits per heavy atom. The summed E-state index contributed by atoms with van der Waals surface area (Å²) in [4.78, 5) is 9.19. The lowest BCUT2D eigenvalue weighted by atomic mass is 9.95. The summed E-state index contributed by atoms with van der Waals surface area (Å²) in [6.07, 6.45) is 0. The third-order valence-electron chi connectivity index (χ3n) is 4.86. The lowest BCUT2D eigenvalue weighted by molar-refractivity contribution is 0.00841. The molecule has 0 amide bonds. The van der Waals surface area contributed by atoms with E-state index in [-0.39, 0.29) is 6.04 Å². The first kappa shape index (κ1) is 16.0. The zero-order valence-corrected chi connectivity index (χ0v) is 14.9. The van der Waals surface area contributed by atoms with Crippen molar-refractivity contribution in [2.75, 3.05) is 18.5 Å². The van der Waals surface area contributed by atoms with Crippen LogP contribution in [0.15, 0.2) is 42.5 Å². The summed E-state index contributed by atoms with van der Waals surface area (Å²) in [6, 6.07) is 15.3. The number of nitrogens with zero attached hydrogens (tertiary/aromatic N) is 2. The van der Waals surface area contributed by atoms with E-state index in [2.05, 4.69) is 71.6 Å². The average Bonchev–Trinajstić information content (AvgIpc) is 2.53. The Labute approximate surface area is 148 Å². The van der Waals surface area contributed by atoms with Crippen LogP contribution >= 0.6 is 0 Å². The van der Waals surface area contributed by atoms with Gasteiger partial charge in [0, 0.05) is 17.3 Å². The van der Waals surface area contributed by atoms with E-state index in [1.54, 1.807) is 0 Å². The Bertz CT molecular complexity index is 896. The monoisotopic (exact) mass is 333 g/mol. The molecule has 0 spiro atoms. The molecule has 1 atom stereocenters. The Balaban J connectivity index is 1.59. The van der Waals surface area contributed by atoms with Crippen LogP contribution in [-0.4, -0.2) is 23.2 Å². The van der Waals surface area contributed by atoms with Gasteiger partial charge in [-0.3, -0.25) is 0 Å². The van der Waals surface area contributed by atoms with Gasteiger partial charge < -0.3 is 10.1 Å². The Kier molecular flexibility index (Phi) is 4.14. The molecular weight excluding hydrogens is 310 g/mol. The molecule has 1 aliphatic heterocycles. The second kappa shape index (κ2) is 6.45. The predicted molar refractivity (Wildman–Crippen MR) is 101 cm³/mol. The van der Waals surface area contributed by atoms with Gasteiger partial charge in [-0.15, -0.1) is 0 Å². The largest absolute Gasteiger partial charge is 0.380 e. The van der Waals surface area contributed by atoms with E-state index in [1.807, 2.05) is 6.92 Å². The third-order valence-corrected chi connectivity index (χ3v) is 4.86. The molecule has 1 N–H and O–H groups in total. The summed E-state index contributed by atoms with van der Waals surface area (Å²) in [6.45, 7) is 7.88. The van der Waals surface area contributed by atoms with Crippen LogP contribution in [0.2, 0.25) is 0 Å². The van der Waals surface area contributed by atoms with Crippen LogP contribution in [0.5, 0.6) is 0 Å². The van der Waals surface area contributed by atoms with Crippen molar-refractivity contribution in [1.82, 2.24) is 9.97 Å². The summed E-state index contributed by atoms with van der Waals surface area (Å²) >= 11 is 0. The first-order chi connectivity index (χ1) is 12.1. The molecule has 4 rings (SSSR count). The number of aromatic nitrogens is 2. The van der Waals surface area contributed by atoms with E-state index in [0.717, 1.165) is 35.8 Å². The maximum Gasteiger partial charge on any atom is 0.138 e. The fourth-order valence-corrected chi connectivity index (χ4v) is 3.24. The minimum Gasteiger partial charge on any atom is -0.380 e. The van der Waals surface area contributed by atoms with Gasteiger partial charge in [0.2, 0.25) is 0 Å². The van der Waals surface area contributed by atoms with E-state index < -0.39 is 0 Å². The lowest BCUT2D eigenvalue weighted by Gasteiger charge is -2.26. The molecule has 4 heteroatoms. The Hall–Kier alpha value is -2.46. The van der Waals surface area contributed by atoms with Crippen LogP contribution in [-0.2, 0) is 4.74 Å². The highest BCUT2D eigenvalue weighted by Gasteiger charge is 2.20. The minimum absolute atomic E-state index is 0.172. The number of nitrogens with one attached hydrogen (secondary N) is 1. The molecule has 1 saturated heterocycles. The van der Waals surface area contributed by atoms with Gasteiger partial charge in [-0.05, 0) is 49.6 Å². The molecule has 1 unspecified atom stereocenters. The van der Waals surface area contributed by atoms with Crippen molar-refractivity contribution in [2.24, 2.45) is 0 Å². The van der Waals surface area contributed by atoms with Crippen LogP contribution in [0.1, 0.15) is 41.4 Å². The lowest BCUT2D eigenvalue weighted by Crippen LogP contribution is -2.25. The Morgan fingerprint density at radius 3 is 2.48 bits per heavy atom. The maximum atomic E-state index is 5.28. The van der Waals surface area contributed by atoms with Crippen LogP contribution < -0.4 is 5.32 Å². The van der Waals surface area contributed by atoms with Gasteiger partial charge >= 0.3 is 0 Å². The van der Waals surface area contributed by atoms with E-state index in [9.17, 15) is 0 Å². The van der Waals surface area contributed by atoms with Gasteiger partial charge in [0.25, 0.3) is 0 Å². The summed E-state index contributed by atoms with van der Waals surface area (Å²) in [5.41, 5.74) is 4.81. The smallest absolute Gasteiger partial charge is 0.138 e. The molecule has 3 aromatic rings. The SMILES string of the molecule is Cc1ccc2c(NC(C)c3ccc(C4COC4)cc3)nc(C)nc2c1. The van der Waals surface area contributed by atoms with Crippen molar-refractivity contribution in [3.05, 3.63) is 65.0 Å². The maximum absolute atomic E-state index is 5.28. The van der Waals surface area contributed by atoms with Crippen molar-refractivity contribution in [3.63, 3.8) is 0 Å². The number of aryl methyl sites for hydroxylation is 2. The summed E-state index contributed by atoms with van der Waals surface area (Å²) in [5, 5.41) is 4.62. The van der Waals surface area contributed by atoms with Gasteiger partial charge in [-0.1, -0.05) is 30.3 Å². The number of ether oxygens (including phenoxy) is 1. The highest BCUT2D eigenvalue weighted by Crippen LogP contribution is 2.28. The molecule has 1 aromatic heterocycles. The zero-order chi connectivity index (χ0) is 17.4. The van der Waals surface area contributed by atoms with Crippen molar-refractivity contribution in [1.29, 1.82) is 0 Å². The molecule has 0 radical (unpaired) electrons. The second-order valence-corrected chi connectivity index (χ2v) is 6.91. The normalized spacial score (nSPS) is 15.8. The molecule has 2 heterocycles. The first-order valence-corrected chi connectivity index (χ1v) is 8.79. The van der Waals surface area contributed by atoms with Gasteiger partial charge in [-0.2, -0.15) is 0 Å². The minimum atomic E-state index is 0.172. The second-order valence-electron chi connectivity index (χ2n) is 6.91. The molecule has 128 valence electrons. The number of anilines is 1. The van der Waals surface area contributed by atoms with E-state index in [1.165, 1.54) is 16.7 Å². The average molecular weight is 333 g/mol. The van der Waals surface area contributed by atoms with Crippen LogP contribution in [0, 0.1) is 13.8 Å². The van der Waals surface area contributed by atoms with Crippen LogP contribution in [0.3, 0.4) is 0 Å².